The van der Waals surface area contributed by atoms with Crippen LogP contribution in [0.25, 0.3) is 0 Å². The summed E-state index contributed by atoms with van der Waals surface area (Å²) in [6.07, 6.45) is 2.89. The number of hydrogen-bond acceptors (Lipinski definition) is 5. The second-order valence-corrected chi connectivity index (χ2v) is 6.78. The van der Waals surface area contributed by atoms with Gasteiger partial charge >= 0.3 is 0 Å². The largest absolute Gasteiger partial charge is 0.383 e. The molecular formula is C14H24N4O2S. The summed E-state index contributed by atoms with van der Waals surface area (Å²) in [6.45, 7) is 7.49. The molecule has 6 nitrogen and oxygen atoms in total. The Morgan fingerprint density at radius 3 is 2.81 bits per heavy atom. The number of hydrogen-bond donors (Lipinski definition) is 0. The zero-order valence-electron chi connectivity index (χ0n) is 13.0. The van der Waals surface area contributed by atoms with E-state index >= 15 is 0 Å². The van der Waals surface area contributed by atoms with Gasteiger partial charge in [0.05, 0.1) is 12.4 Å². The van der Waals surface area contributed by atoms with Crippen molar-refractivity contribution >= 4 is 17.7 Å². The van der Waals surface area contributed by atoms with E-state index in [0.717, 1.165) is 18.2 Å². The highest BCUT2D eigenvalue weighted by Crippen LogP contribution is 2.22. The van der Waals surface area contributed by atoms with Crippen molar-refractivity contribution in [2.45, 2.75) is 32.0 Å². The molecular weight excluding hydrogens is 288 g/mol. The molecule has 1 fully saturated rings. The summed E-state index contributed by atoms with van der Waals surface area (Å²) < 4.78 is 6.97. The lowest BCUT2D eigenvalue weighted by Gasteiger charge is -2.34. The average molecular weight is 312 g/mol. The second-order valence-electron chi connectivity index (χ2n) is 5.83. The van der Waals surface area contributed by atoms with Crippen LogP contribution in [0.1, 0.15) is 20.3 Å². The molecule has 1 saturated heterocycles. The number of rotatable bonds is 6. The van der Waals surface area contributed by atoms with Crippen LogP contribution in [0.4, 0.5) is 0 Å². The first kappa shape index (κ1) is 16.3. The molecule has 1 aromatic heterocycles. The molecule has 0 N–H and O–H groups in total. The monoisotopic (exact) mass is 312 g/mol. The number of ether oxygens (including phenoxy) is 1. The lowest BCUT2D eigenvalue weighted by atomic mass is 9.92. The van der Waals surface area contributed by atoms with Crippen LogP contribution in [0.2, 0.25) is 0 Å². The smallest absolute Gasteiger partial charge is 0.233 e. The molecule has 0 bridgehead atoms. The first-order valence-corrected chi connectivity index (χ1v) is 8.36. The highest BCUT2D eigenvalue weighted by Gasteiger charge is 2.25. The van der Waals surface area contributed by atoms with Crippen LogP contribution in [-0.4, -0.2) is 58.1 Å². The van der Waals surface area contributed by atoms with E-state index < -0.39 is 0 Å². The summed E-state index contributed by atoms with van der Waals surface area (Å²) in [4.78, 5) is 14.3. The maximum absolute atomic E-state index is 12.3. The molecule has 0 aliphatic carbocycles. The maximum atomic E-state index is 12.3. The van der Waals surface area contributed by atoms with Crippen LogP contribution in [0, 0.1) is 11.8 Å². The van der Waals surface area contributed by atoms with Gasteiger partial charge in [-0.15, -0.1) is 10.2 Å². The number of methoxy groups -OCH3 is 1. The Morgan fingerprint density at radius 1 is 1.43 bits per heavy atom. The second kappa shape index (κ2) is 7.79. The Hall–Kier alpha value is -1.08. The zero-order valence-corrected chi connectivity index (χ0v) is 13.8. The van der Waals surface area contributed by atoms with Crippen molar-refractivity contribution in [3.05, 3.63) is 6.33 Å². The van der Waals surface area contributed by atoms with Crippen molar-refractivity contribution in [2.75, 3.05) is 32.6 Å². The number of piperidine rings is 1. The fourth-order valence-corrected chi connectivity index (χ4v) is 3.63. The van der Waals surface area contributed by atoms with E-state index in [9.17, 15) is 4.79 Å². The van der Waals surface area contributed by atoms with Gasteiger partial charge < -0.3 is 14.2 Å². The topological polar surface area (TPSA) is 60.2 Å². The molecule has 1 aromatic rings. The maximum Gasteiger partial charge on any atom is 0.233 e. The van der Waals surface area contributed by atoms with Gasteiger partial charge in [-0.2, -0.15) is 0 Å². The van der Waals surface area contributed by atoms with Gasteiger partial charge in [0.25, 0.3) is 0 Å². The van der Waals surface area contributed by atoms with Crippen LogP contribution < -0.4 is 0 Å². The number of carbonyl (C=O) groups is 1. The van der Waals surface area contributed by atoms with Gasteiger partial charge in [0.15, 0.2) is 5.16 Å². The predicted octanol–water partition coefficient (Wildman–Crippen LogP) is 1.52. The standard InChI is InChI=1S/C14H24N4O2S/c1-11-6-12(2)8-18(7-11)13(19)9-21-14-16-15-10-17(14)4-5-20-3/h10-12H,4-9H2,1-3H3. The molecule has 2 unspecified atom stereocenters. The summed E-state index contributed by atoms with van der Waals surface area (Å²) >= 11 is 1.45. The van der Waals surface area contributed by atoms with Gasteiger partial charge in [-0.1, -0.05) is 25.6 Å². The normalized spacial score (nSPS) is 22.5. The van der Waals surface area contributed by atoms with E-state index in [1.165, 1.54) is 18.2 Å². The van der Waals surface area contributed by atoms with Gasteiger partial charge in [0.2, 0.25) is 5.91 Å². The van der Waals surface area contributed by atoms with Gasteiger partial charge in [0.1, 0.15) is 6.33 Å². The molecule has 7 heteroatoms. The van der Waals surface area contributed by atoms with E-state index in [1.807, 2.05) is 9.47 Å². The van der Waals surface area contributed by atoms with E-state index in [2.05, 4.69) is 24.0 Å². The summed E-state index contributed by atoms with van der Waals surface area (Å²) in [5.41, 5.74) is 0. The van der Waals surface area contributed by atoms with E-state index in [4.69, 9.17) is 4.74 Å². The third-order valence-corrected chi connectivity index (χ3v) is 4.63. The third-order valence-electron chi connectivity index (χ3n) is 3.66. The Bertz CT molecular complexity index is 456. The number of amides is 1. The molecule has 2 atom stereocenters. The van der Waals surface area contributed by atoms with E-state index in [-0.39, 0.29) is 5.91 Å². The molecule has 2 rings (SSSR count). The van der Waals surface area contributed by atoms with Crippen molar-refractivity contribution in [3.63, 3.8) is 0 Å². The number of likely N-dealkylation sites (tertiary alicyclic amines) is 1. The van der Waals surface area contributed by atoms with Gasteiger partial charge in [-0.3, -0.25) is 4.79 Å². The molecule has 1 aliphatic rings. The zero-order chi connectivity index (χ0) is 15.2. The highest BCUT2D eigenvalue weighted by molar-refractivity contribution is 7.99. The van der Waals surface area contributed by atoms with Crippen LogP contribution in [0.3, 0.4) is 0 Å². The highest BCUT2D eigenvalue weighted by atomic mass is 32.2. The van der Waals surface area contributed by atoms with Crippen molar-refractivity contribution in [2.24, 2.45) is 11.8 Å². The minimum atomic E-state index is 0.194. The number of aromatic nitrogens is 3. The van der Waals surface area contributed by atoms with Crippen LogP contribution in [0.15, 0.2) is 11.5 Å². The van der Waals surface area contributed by atoms with Gasteiger partial charge in [-0.05, 0) is 18.3 Å². The fraction of sp³-hybridized carbons (Fsp3) is 0.786. The minimum Gasteiger partial charge on any atom is -0.383 e. The SMILES string of the molecule is COCCn1cnnc1SCC(=O)N1CC(C)CC(C)C1. The van der Waals surface area contributed by atoms with Gasteiger partial charge in [0, 0.05) is 26.7 Å². The first-order valence-electron chi connectivity index (χ1n) is 7.37. The molecule has 0 radical (unpaired) electrons. The van der Waals surface area contributed by atoms with Crippen molar-refractivity contribution in [1.82, 2.24) is 19.7 Å². The molecule has 118 valence electrons. The van der Waals surface area contributed by atoms with Crippen LogP contribution in [-0.2, 0) is 16.1 Å². The summed E-state index contributed by atoms with van der Waals surface area (Å²) in [6, 6.07) is 0. The third kappa shape index (κ3) is 4.71. The molecule has 21 heavy (non-hydrogen) atoms. The Labute approximate surface area is 130 Å². The number of carbonyl (C=O) groups excluding carboxylic acids is 1. The number of nitrogens with zero attached hydrogens (tertiary/aromatic N) is 4. The Balaban J connectivity index is 1.85. The van der Waals surface area contributed by atoms with E-state index in [1.54, 1.807) is 13.4 Å². The molecule has 0 saturated carbocycles. The predicted molar refractivity (Wildman–Crippen MR) is 82.1 cm³/mol. The molecule has 0 aromatic carbocycles. The van der Waals surface area contributed by atoms with Crippen molar-refractivity contribution in [1.29, 1.82) is 0 Å². The van der Waals surface area contributed by atoms with Crippen LogP contribution in [0.5, 0.6) is 0 Å². The van der Waals surface area contributed by atoms with E-state index in [0.29, 0.717) is 30.7 Å². The Morgan fingerprint density at radius 2 is 2.14 bits per heavy atom. The fourth-order valence-electron chi connectivity index (χ4n) is 2.78. The molecule has 1 aliphatic heterocycles. The lowest BCUT2D eigenvalue weighted by molar-refractivity contribution is -0.130. The summed E-state index contributed by atoms with van der Waals surface area (Å²) in [7, 11) is 1.67. The van der Waals surface area contributed by atoms with Crippen LogP contribution >= 0.6 is 11.8 Å². The quantitative estimate of drug-likeness (QED) is 0.745. The lowest BCUT2D eigenvalue weighted by Crippen LogP contribution is -2.43. The summed E-state index contributed by atoms with van der Waals surface area (Å²) in [5, 5.41) is 8.74. The Kier molecular flexibility index (Phi) is 6.05. The molecule has 1 amide bonds. The summed E-state index contributed by atoms with van der Waals surface area (Å²) in [5.74, 6) is 1.80. The minimum absolute atomic E-state index is 0.194. The van der Waals surface area contributed by atoms with Crippen molar-refractivity contribution in [3.8, 4) is 0 Å². The molecule has 0 spiro atoms. The van der Waals surface area contributed by atoms with Gasteiger partial charge in [-0.25, -0.2) is 0 Å². The molecule has 2 heterocycles. The first-order chi connectivity index (χ1) is 10.1. The van der Waals surface area contributed by atoms with Crippen molar-refractivity contribution < 1.29 is 9.53 Å². The number of thioether (sulfide) groups is 1. The average Bonchev–Trinajstić information content (AvgIpc) is 2.88.